The summed E-state index contributed by atoms with van der Waals surface area (Å²) in [6, 6.07) is 1.83. The molecule has 1 unspecified atom stereocenters. The highest BCUT2D eigenvalue weighted by Gasteiger charge is 2.45. The number of nitrogens with one attached hydrogen (secondary N) is 2. The number of alkyl halides is 3. The fourth-order valence-corrected chi connectivity index (χ4v) is 3.76. The minimum atomic E-state index is -4.60. The van der Waals surface area contributed by atoms with Crippen molar-refractivity contribution in [3.63, 3.8) is 0 Å². The molecule has 168 valence electrons. The lowest BCUT2D eigenvalue weighted by molar-refractivity contribution is -0.162. The van der Waals surface area contributed by atoms with E-state index in [2.05, 4.69) is 26.6 Å². The molecular formula is C21H28BrF3N2O3. The van der Waals surface area contributed by atoms with Crippen LogP contribution in [0.4, 0.5) is 13.2 Å². The zero-order valence-corrected chi connectivity index (χ0v) is 19.1. The number of rotatable bonds is 7. The summed E-state index contributed by atoms with van der Waals surface area (Å²) >= 11 is 3.22. The molecule has 0 bridgehead atoms. The van der Waals surface area contributed by atoms with Crippen molar-refractivity contribution in [2.24, 2.45) is 11.3 Å². The number of halogens is 4. The van der Waals surface area contributed by atoms with Crippen LogP contribution in [-0.2, 0) is 14.3 Å². The van der Waals surface area contributed by atoms with Gasteiger partial charge in [-0.1, -0.05) is 55.8 Å². The highest BCUT2D eigenvalue weighted by atomic mass is 79.9. The largest absolute Gasteiger partial charge is 0.407 e. The van der Waals surface area contributed by atoms with Crippen molar-refractivity contribution in [2.45, 2.75) is 58.4 Å². The van der Waals surface area contributed by atoms with Crippen molar-refractivity contribution in [1.29, 1.82) is 0 Å². The van der Waals surface area contributed by atoms with Crippen LogP contribution in [0.1, 0.15) is 45.7 Å². The van der Waals surface area contributed by atoms with E-state index >= 15 is 0 Å². The van der Waals surface area contributed by atoms with Crippen molar-refractivity contribution in [3.8, 4) is 0 Å². The lowest BCUT2D eigenvalue weighted by Gasteiger charge is -2.38. The van der Waals surface area contributed by atoms with Gasteiger partial charge in [-0.3, -0.25) is 14.9 Å². The minimum Gasteiger partial charge on any atom is -0.373 e. The average Bonchev–Trinajstić information content (AvgIpc) is 2.61. The van der Waals surface area contributed by atoms with Crippen LogP contribution in [0.2, 0.25) is 0 Å². The summed E-state index contributed by atoms with van der Waals surface area (Å²) < 4.78 is 47.4. The SMILES string of the molecule is CC(C)C[C@H](N[C@@H](c1ccc(Br)cc1)C(F)(F)F)C(=O)NC1C(=O)COCC1(C)C. The first-order valence-corrected chi connectivity index (χ1v) is 10.6. The number of hydrogen-bond donors (Lipinski definition) is 2. The molecule has 1 heterocycles. The third-order valence-corrected chi connectivity index (χ3v) is 5.56. The normalized spacial score (nSPS) is 21.4. The van der Waals surface area contributed by atoms with Crippen LogP contribution in [0.15, 0.2) is 28.7 Å². The Balaban J connectivity index is 2.27. The monoisotopic (exact) mass is 492 g/mol. The van der Waals surface area contributed by atoms with Crippen molar-refractivity contribution in [1.82, 2.24) is 10.6 Å². The maximum absolute atomic E-state index is 13.8. The maximum Gasteiger partial charge on any atom is 0.407 e. The smallest absolute Gasteiger partial charge is 0.373 e. The van der Waals surface area contributed by atoms with Crippen LogP contribution in [0, 0.1) is 11.3 Å². The molecule has 2 rings (SSSR count). The predicted octanol–water partition coefficient (Wildman–Crippen LogP) is 4.17. The van der Waals surface area contributed by atoms with E-state index in [0.29, 0.717) is 4.47 Å². The van der Waals surface area contributed by atoms with Gasteiger partial charge >= 0.3 is 6.18 Å². The van der Waals surface area contributed by atoms with Gasteiger partial charge in [0.1, 0.15) is 12.6 Å². The molecule has 1 fully saturated rings. The summed E-state index contributed by atoms with van der Waals surface area (Å²) in [7, 11) is 0. The van der Waals surface area contributed by atoms with E-state index in [9.17, 15) is 22.8 Å². The molecular weight excluding hydrogens is 465 g/mol. The molecule has 30 heavy (non-hydrogen) atoms. The fourth-order valence-electron chi connectivity index (χ4n) is 3.49. The summed E-state index contributed by atoms with van der Waals surface area (Å²) in [6.07, 6.45) is -4.41. The molecule has 1 aromatic carbocycles. The molecule has 1 amide bonds. The van der Waals surface area contributed by atoms with Gasteiger partial charge in [-0.25, -0.2) is 0 Å². The van der Waals surface area contributed by atoms with E-state index in [4.69, 9.17) is 4.74 Å². The van der Waals surface area contributed by atoms with E-state index in [1.807, 2.05) is 13.8 Å². The summed E-state index contributed by atoms with van der Waals surface area (Å²) in [6.45, 7) is 7.36. The summed E-state index contributed by atoms with van der Waals surface area (Å²) in [4.78, 5) is 25.3. The van der Waals surface area contributed by atoms with Gasteiger partial charge < -0.3 is 10.1 Å². The Hall–Kier alpha value is -1.45. The third-order valence-electron chi connectivity index (χ3n) is 5.03. The highest BCUT2D eigenvalue weighted by Crippen LogP contribution is 2.34. The van der Waals surface area contributed by atoms with Crippen LogP contribution in [0.5, 0.6) is 0 Å². The summed E-state index contributed by atoms with van der Waals surface area (Å²) in [5.41, 5.74) is -0.641. The topological polar surface area (TPSA) is 67.4 Å². The Morgan fingerprint density at radius 2 is 1.87 bits per heavy atom. The number of benzene rings is 1. The second kappa shape index (κ2) is 9.78. The Morgan fingerprint density at radius 1 is 1.27 bits per heavy atom. The van der Waals surface area contributed by atoms with Gasteiger partial charge in [0.15, 0.2) is 5.78 Å². The summed E-state index contributed by atoms with van der Waals surface area (Å²) in [5.74, 6) is -0.947. The Morgan fingerprint density at radius 3 is 2.37 bits per heavy atom. The van der Waals surface area contributed by atoms with E-state index in [1.165, 1.54) is 24.3 Å². The first-order chi connectivity index (χ1) is 13.8. The first kappa shape index (κ1) is 24.8. The number of ether oxygens (including phenoxy) is 1. The molecule has 2 N–H and O–H groups in total. The number of carbonyl (C=O) groups is 2. The quantitative estimate of drug-likeness (QED) is 0.599. The number of carbonyl (C=O) groups excluding carboxylic acids is 2. The van der Waals surface area contributed by atoms with Gasteiger partial charge in [0.05, 0.1) is 18.7 Å². The van der Waals surface area contributed by atoms with Gasteiger partial charge in [-0.15, -0.1) is 0 Å². The number of Topliss-reactive ketones (excluding diaryl/α,β-unsaturated/α-hetero) is 1. The molecule has 1 aromatic rings. The van der Waals surface area contributed by atoms with Crippen molar-refractivity contribution in [3.05, 3.63) is 34.3 Å². The Bertz CT molecular complexity index is 751. The molecule has 1 aliphatic heterocycles. The number of ketones is 1. The standard InChI is InChI=1S/C21H28BrF3N2O3/c1-12(2)9-15(19(29)27-18-16(28)10-30-11-20(18,3)4)26-17(21(23,24)25)13-5-7-14(22)8-6-13/h5-8,12,15,17-18,26H,9-11H2,1-4H3,(H,27,29)/t15-,17-,18?/m0/s1. The first-order valence-electron chi connectivity index (χ1n) is 9.80. The minimum absolute atomic E-state index is 0.00901. The molecule has 0 spiro atoms. The second-order valence-electron chi connectivity index (χ2n) is 8.76. The number of hydrogen-bond acceptors (Lipinski definition) is 4. The molecule has 0 aromatic heterocycles. The third kappa shape index (κ3) is 6.52. The van der Waals surface area contributed by atoms with Gasteiger partial charge in [0.25, 0.3) is 0 Å². The zero-order chi connectivity index (χ0) is 22.7. The average molecular weight is 493 g/mol. The maximum atomic E-state index is 13.8. The Kier molecular flexibility index (Phi) is 8.09. The van der Waals surface area contributed by atoms with E-state index < -0.39 is 35.6 Å². The molecule has 1 saturated heterocycles. The molecule has 1 aliphatic rings. The molecule has 3 atom stereocenters. The van der Waals surface area contributed by atoms with Crippen LogP contribution in [0.3, 0.4) is 0 Å². The fraction of sp³-hybridized carbons (Fsp3) is 0.619. The van der Waals surface area contributed by atoms with Gasteiger partial charge in [0, 0.05) is 9.89 Å². The molecule has 5 nitrogen and oxygen atoms in total. The van der Waals surface area contributed by atoms with Gasteiger partial charge in [-0.2, -0.15) is 13.2 Å². The van der Waals surface area contributed by atoms with Gasteiger partial charge in [-0.05, 0) is 30.0 Å². The summed E-state index contributed by atoms with van der Waals surface area (Å²) in [5, 5.41) is 5.17. The molecule has 0 aliphatic carbocycles. The van der Waals surface area contributed by atoms with E-state index in [-0.39, 0.29) is 36.9 Å². The predicted molar refractivity (Wildman–Crippen MR) is 111 cm³/mol. The van der Waals surface area contributed by atoms with Crippen molar-refractivity contribution < 1.29 is 27.5 Å². The van der Waals surface area contributed by atoms with Crippen LogP contribution >= 0.6 is 15.9 Å². The van der Waals surface area contributed by atoms with E-state index in [0.717, 1.165) is 0 Å². The molecule has 0 saturated carbocycles. The van der Waals surface area contributed by atoms with Crippen LogP contribution < -0.4 is 10.6 Å². The van der Waals surface area contributed by atoms with Gasteiger partial charge in [0.2, 0.25) is 5.91 Å². The highest BCUT2D eigenvalue weighted by molar-refractivity contribution is 9.10. The molecule has 0 radical (unpaired) electrons. The van der Waals surface area contributed by atoms with E-state index in [1.54, 1.807) is 13.8 Å². The lowest BCUT2D eigenvalue weighted by atomic mass is 9.81. The second-order valence-corrected chi connectivity index (χ2v) is 9.68. The Labute approximate surface area is 183 Å². The number of amides is 1. The van der Waals surface area contributed by atoms with Crippen molar-refractivity contribution >= 4 is 27.6 Å². The van der Waals surface area contributed by atoms with Crippen LogP contribution in [0.25, 0.3) is 0 Å². The lowest BCUT2D eigenvalue weighted by Crippen LogP contribution is -2.60. The van der Waals surface area contributed by atoms with Crippen LogP contribution in [-0.4, -0.2) is 43.2 Å². The zero-order valence-electron chi connectivity index (χ0n) is 17.5. The van der Waals surface area contributed by atoms with Crippen molar-refractivity contribution in [2.75, 3.05) is 13.2 Å². The molecule has 9 heteroatoms.